The smallest absolute Gasteiger partial charge is 0.230 e. The second kappa shape index (κ2) is 9.93. The summed E-state index contributed by atoms with van der Waals surface area (Å²) in [6.07, 6.45) is 2.34. The highest BCUT2D eigenvalue weighted by atomic mass is 32.2. The summed E-state index contributed by atoms with van der Waals surface area (Å²) in [5.74, 6) is 1.78. The van der Waals surface area contributed by atoms with Crippen LogP contribution in [0, 0.1) is 0 Å². The molecule has 0 atom stereocenters. The van der Waals surface area contributed by atoms with E-state index in [2.05, 4.69) is 15.5 Å². The molecule has 136 valence electrons. The molecule has 1 heterocycles. The van der Waals surface area contributed by atoms with Crippen molar-refractivity contribution < 1.29 is 14.3 Å². The van der Waals surface area contributed by atoms with Crippen molar-refractivity contribution in [2.45, 2.75) is 25.4 Å². The lowest BCUT2D eigenvalue weighted by Gasteiger charge is -2.12. The Hall–Kier alpha value is -2.22. The maximum absolute atomic E-state index is 11.9. The molecular weight excluding hydrogens is 340 g/mol. The van der Waals surface area contributed by atoms with Crippen LogP contribution in [-0.2, 0) is 18.3 Å². The Morgan fingerprint density at radius 1 is 1.24 bits per heavy atom. The first kappa shape index (κ1) is 19.1. The Kier molecular flexibility index (Phi) is 7.59. The highest BCUT2D eigenvalue weighted by Gasteiger charge is 2.08. The predicted octanol–water partition coefficient (Wildman–Crippen LogP) is 2.06. The number of hydrogen-bond donors (Lipinski definition) is 1. The van der Waals surface area contributed by atoms with Crippen LogP contribution in [0.1, 0.15) is 19.4 Å². The summed E-state index contributed by atoms with van der Waals surface area (Å²) in [6.45, 7) is 5.63. The van der Waals surface area contributed by atoms with Gasteiger partial charge >= 0.3 is 0 Å². The molecule has 0 aliphatic carbocycles. The number of aryl methyl sites for hydroxylation is 1. The van der Waals surface area contributed by atoms with Crippen LogP contribution in [0.4, 0.5) is 0 Å². The van der Waals surface area contributed by atoms with Gasteiger partial charge in [0, 0.05) is 13.6 Å². The van der Waals surface area contributed by atoms with Crippen LogP contribution in [-0.4, -0.2) is 46.2 Å². The molecule has 1 aromatic heterocycles. The molecule has 0 radical (unpaired) electrons. The highest BCUT2D eigenvalue weighted by molar-refractivity contribution is 7.99. The summed E-state index contributed by atoms with van der Waals surface area (Å²) in [4.78, 5) is 11.9. The Bertz CT molecular complexity index is 690. The SMILES string of the molecule is CCOc1ccc(CCNC(=O)CSc2nncn2C)cc1OCC. The molecule has 2 rings (SSSR count). The number of carbonyl (C=O) groups excluding carboxylic acids is 1. The van der Waals surface area contributed by atoms with Crippen molar-refractivity contribution in [2.24, 2.45) is 7.05 Å². The van der Waals surface area contributed by atoms with Crippen LogP contribution < -0.4 is 14.8 Å². The summed E-state index contributed by atoms with van der Waals surface area (Å²) in [7, 11) is 1.85. The molecule has 0 saturated heterocycles. The quantitative estimate of drug-likeness (QED) is 0.650. The number of benzene rings is 1. The molecule has 0 spiro atoms. The first-order chi connectivity index (χ1) is 12.1. The zero-order chi connectivity index (χ0) is 18.1. The van der Waals surface area contributed by atoms with E-state index in [1.807, 2.05) is 39.1 Å². The molecule has 0 bridgehead atoms. The maximum atomic E-state index is 11.9. The first-order valence-corrected chi connectivity index (χ1v) is 9.24. The monoisotopic (exact) mass is 364 g/mol. The molecule has 0 unspecified atom stereocenters. The average Bonchev–Trinajstić information content (AvgIpc) is 3.01. The van der Waals surface area contributed by atoms with Gasteiger partial charge in [-0.2, -0.15) is 0 Å². The Balaban J connectivity index is 1.79. The number of carbonyl (C=O) groups is 1. The van der Waals surface area contributed by atoms with Gasteiger partial charge in [-0.25, -0.2) is 0 Å². The second-order valence-electron chi connectivity index (χ2n) is 5.26. The molecular formula is C17H24N4O3S. The van der Waals surface area contributed by atoms with E-state index < -0.39 is 0 Å². The summed E-state index contributed by atoms with van der Waals surface area (Å²) >= 11 is 1.37. The number of thioether (sulfide) groups is 1. The zero-order valence-electron chi connectivity index (χ0n) is 14.8. The van der Waals surface area contributed by atoms with Crippen molar-refractivity contribution >= 4 is 17.7 Å². The molecule has 0 aliphatic heterocycles. The minimum atomic E-state index is -0.0241. The largest absolute Gasteiger partial charge is 0.490 e. The van der Waals surface area contributed by atoms with E-state index in [9.17, 15) is 4.79 Å². The van der Waals surface area contributed by atoms with Crippen LogP contribution in [0.5, 0.6) is 11.5 Å². The lowest BCUT2D eigenvalue weighted by Crippen LogP contribution is -2.27. The van der Waals surface area contributed by atoms with E-state index in [4.69, 9.17) is 9.47 Å². The fourth-order valence-corrected chi connectivity index (χ4v) is 2.90. The predicted molar refractivity (Wildman–Crippen MR) is 97.2 cm³/mol. The molecule has 2 aromatic rings. The van der Waals surface area contributed by atoms with Crippen LogP contribution >= 0.6 is 11.8 Å². The summed E-state index contributed by atoms with van der Waals surface area (Å²) in [5.41, 5.74) is 1.09. The minimum absolute atomic E-state index is 0.0241. The van der Waals surface area contributed by atoms with Gasteiger partial charge in [-0.1, -0.05) is 17.8 Å². The standard InChI is InChI=1S/C17H24N4O3S/c1-4-23-14-7-6-13(10-15(14)24-5-2)8-9-18-16(22)11-25-17-20-19-12-21(17)3/h6-7,10,12H,4-5,8-9,11H2,1-3H3,(H,18,22). The molecule has 1 N–H and O–H groups in total. The van der Waals surface area contributed by atoms with Crippen molar-refractivity contribution in [1.29, 1.82) is 0 Å². The normalized spacial score (nSPS) is 10.5. The number of ether oxygens (including phenoxy) is 2. The Morgan fingerprint density at radius 2 is 2.00 bits per heavy atom. The van der Waals surface area contributed by atoms with Gasteiger partial charge in [-0.15, -0.1) is 10.2 Å². The second-order valence-corrected chi connectivity index (χ2v) is 6.20. The molecule has 7 nitrogen and oxygen atoms in total. The third-order valence-electron chi connectivity index (χ3n) is 3.35. The maximum Gasteiger partial charge on any atom is 0.230 e. The molecule has 0 saturated carbocycles. The van der Waals surface area contributed by atoms with Crippen LogP contribution in [0.15, 0.2) is 29.7 Å². The van der Waals surface area contributed by atoms with E-state index in [1.165, 1.54) is 11.8 Å². The minimum Gasteiger partial charge on any atom is -0.490 e. The number of nitrogens with zero attached hydrogens (tertiary/aromatic N) is 3. The topological polar surface area (TPSA) is 78.3 Å². The van der Waals surface area contributed by atoms with Gasteiger partial charge in [0.15, 0.2) is 16.7 Å². The fraction of sp³-hybridized carbons (Fsp3) is 0.471. The molecule has 8 heteroatoms. The van der Waals surface area contributed by atoms with Crippen molar-refractivity contribution in [1.82, 2.24) is 20.1 Å². The Morgan fingerprint density at radius 3 is 2.68 bits per heavy atom. The summed E-state index contributed by atoms with van der Waals surface area (Å²) < 4.78 is 13.0. The van der Waals surface area contributed by atoms with E-state index >= 15 is 0 Å². The number of hydrogen-bond acceptors (Lipinski definition) is 6. The third kappa shape index (κ3) is 5.97. The van der Waals surface area contributed by atoms with E-state index in [1.54, 1.807) is 10.9 Å². The lowest BCUT2D eigenvalue weighted by molar-refractivity contribution is -0.118. The van der Waals surface area contributed by atoms with E-state index in [-0.39, 0.29) is 5.91 Å². The van der Waals surface area contributed by atoms with Crippen molar-refractivity contribution in [3.8, 4) is 11.5 Å². The van der Waals surface area contributed by atoms with Gasteiger partial charge in [0.05, 0.1) is 19.0 Å². The Labute approximate surface area is 152 Å². The molecule has 25 heavy (non-hydrogen) atoms. The van der Waals surface area contributed by atoms with E-state index in [0.717, 1.165) is 28.6 Å². The molecule has 1 aromatic carbocycles. The van der Waals surface area contributed by atoms with Crippen LogP contribution in [0.25, 0.3) is 0 Å². The van der Waals surface area contributed by atoms with Gasteiger partial charge in [-0.05, 0) is 38.0 Å². The molecule has 1 amide bonds. The van der Waals surface area contributed by atoms with Crippen molar-refractivity contribution in [2.75, 3.05) is 25.5 Å². The third-order valence-corrected chi connectivity index (χ3v) is 4.38. The van der Waals surface area contributed by atoms with Gasteiger partial charge < -0.3 is 19.4 Å². The highest BCUT2D eigenvalue weighted by Crippen LogP contribution is 2.28. The first-order valence-electron chi connectivity index (χ1n) is 8.26. The van der Waals surface area contributed by atoms with Gasteiger partial charge in [0.25, 0.3) is 0 Å². The molecule has 0 aliphatic rings. The number of amides is 1. The fourth-order valence-electron chi connectivity index (χ4n) is 2.18. The van der Waals surface area contributed by atoms with Crippen molar-refractivity contribution in [3.63, 3.8) is 0 Å². The van der Waals surface area contributed by atoms with Crippen molar-refractivity contribution in [3.05, 3.63) is 30.1 Å². The van der Waals surface area contributed by atoms with Gasteiger partial charge in [0.2, 0.25) is 5.91 Å². The van der Waals surface area contributed by atoms with Gasteiger partial charge in [-0.3, -0.25) is 4.79 Å². The van der Waals surface area contributed by atoms with Crippen LogP contribution in [0.2, 0.25) is 0 Å². The average molecular weight is 364 g/mol. The lowest BCUT2D eigenvalue weighted by atomic mass is 10.1. The summed E-state index contributed by atoms with van der Waals surface area (Å²) in [6, 6.07) is 5.87. The van der Waals surface area contributed by atoms with Gasteiger partial charge in [0.1, 0.15) is 6.33 Å². The number of rotatable bonds is 10. The zero-order valence-corrected chi connectivity index (χ0v) is 15.6. The van der Waals surface area contributed by atoms with Crippen LogP contribution in [0.3, 0.4) is 0 Å². The number of nitrogens with one attached hydrogen (secondary N) is 1. The molecule has 0 fully saturated rings. The van der Waals surface area contributed by atoms with E-state index in [0.29, 0.717) is 25.5 Å². The number of aromatic nitrogens is 3. The summed E-state index contributed by atoms with van der Waals surface area (Å²) in [5, 5.41) is 11.4.